The van der Waals surface area contributed by atoms with Gasteiger partial charge in [0.15, 0.2) is 0 Å². The first-order valence-corrected chi connectivity index (χ1v) is 12.1. The van der Waals surface area contributed by atoms with Gasteiger partial charge < -0.3 is 10.2 Å². The molecule has 2 bridgehead atoms. The number of hydrogen-bond acceptors (Lipinski definition) is 8. The number of Topliss-reactive ketones (excluding diaryl/α,β-unsaturated/α-hetero) is 1. The third-order valence-corrected chi connectivity index (χ3v) is 6.52. The van der Waals surface area contributed by atoms with Crippen LogP contribution in [0.15, 0.2) is 12.2 Å². The zero-order valence-corrected chi connectivity index (χ0v) is 18.0. The Bertz CT molecular complexity index is 616. The molecule has 3 heterocycles. The zero-order valence-electron chi connectivity index (χ0n) is 17.1. The van der Waals surface area contributed by atoms with Gasteiger partial charge in [-0.2, -0.15) is 0 Å². The van der Waals surface area contributed by atoms with E-state index in [9.17, 15) is 24.4 Å². The zero-order chi connectivity index (χ0) is 21.4. The lowest BCUT2D eigenvalue weighted by molar-refractivity contribution is -0.405. The number of carbonyl (C=O) groups is 2. The third-order valence-electron chi connectivity index (χ3n) is 5.13. The normalized spacial score (nSPS) is 25.6. The summed E-state index contributed by atoms with van der Waals surface area (Å²) in [6.45, 7) is 2.23. The molecule has 3 fully saturated rings. The summed E-state index contributed by atoms with van der Waals surface area (Å²) in [5.74, 6) is -8.53. The van der Waals surface area contributed by atoms with E-state index in [2.05, 4.69) is 20.5 Å². The summed E-state index contributed by atoms with van der Waals surface area (Å²) < 4.78 is 24.6. The van der Waals surface area contributed by atoms with Crippen LogP contribution < -0.4 is 0 Å². The van der Waals surface area contributed by atoms with Gasteiger partial charge in [0.2, 0.25) is 5.78 Å². The van der Waals surface area contributed by atoms with E-state index in [1.807, 2.05) is 0 Å². The molecule has 0 amide bonds. The highest BCUT2D eigenvalue weighted by atomic mass is 31.2. The average molecular weight is 432 g/mol. The predicted octanol–water partition coefficient (Wildman–Crippen LogP) is 4.29. The van der Waals surface area contributed by atoms with Crippen molar-refractivity contribution < 1.29 is 37.9 Å². The lowest BCUT2D eigenvalue weighted by Crippen LogP contribution is -2.69. The minimum atomic E-state index is -3.67. The molecule has 9 heteroatoms. The first-order chi connectivity index (χ1) is 13.8. The largest absolute Gasteiger partial charge is 0.489 e. The van der Waals surface area contributed by atoms with Crippen molar-refractivity contribution in [1.29, 1.82) is 0 Å². The van der Waals surface area contributed by atoms with Crippen LogP contribution in [-0.4, -0.2) is 33.5 Å². The minimum absolute atomic E-state index is 0.595. The van der Waals surface area contributed by atoms with E-state index in [1.54, 1.807) is 0 Å². The van der Waals surface area contributed by atoms with Crippen LogP contribution in [-0.2, 0) is 27.7 Å². The van der Waals surface area contributed by atoms with Crippen molar-refractivity contribution in [1.82, 2.24) is 0 Å². The van der Waals surface area contributed by atoms with Crippen molar-refractivity contribution >= 4 is 19.4 Å². The van der Waals surface area contributed by atoms with Crippen LogP contribution in [0.4, 0.5) is 0 Å². The van der Waals surface area contributed by atoms with Gasteiger partial charge in [-0.15, -0.1) is 0 Å². The van der Waals surface area contributed by atoms with Gasteiger partial charge in [0, 0.05) is 0 Å². The third kappa shape index (κ3) is 6.54. The molecule has 0 spiro atoms. The van der Waals surface area contributed by atoms with Gasteiger partial charge in [0.25, 0.3) is 11.6 Å². The highest BCUT2D eigenvalue weighted by Gasteiger charge is 2.82. The van der Waals surface area contributed by atoms with Crippen molar-refractivity contribution in [3.8, 4) is 0 Å². The van der Waals surface area contributed by atoms with Gasteiger partial charge in [-0.3, -0.25) is 9.59 Å². The molecule has 0 atom stereocenters. The number of unbranched alkanes of at least 4 members (excludes halogenated alkanes) is 12. The van der Waals surface area contributed by atoms with E-state index in [-0.39, 0.29) is 0 Å². The Morgan fingerprint density at radius 2 is 1.31 bits per heavy atom. The smallest absolute Gasteiger partial charge is 0.353 e. The predicted molar refractivity (Wildman–Crippen MR) is 106 cm³/mol. The van der Waals surface area contributed by atoms with Gasteiger partial charge in [-0.25, -0.2) is 18.1 Å². The van der Waals surface area contributed by atoms with Crippen molar-refractivity contribution in [2.45, 2.75) is 102 Å². The van der Waals surface area contributed by atoms with Crippen LogP contribution >= 0.6 is 7.82 Å². The fourth-order valence-corrected chi connectivity index (χ4v) is 4.49. The molecule has 0 aromatic heterocycles. The molecule has 8 nitrogen and oxygen atoms in total. The molecule has 3 saturated heterocycles. The van der Waals surface area contributed by atoms with Gasteiger partial charge in [0.1, 0.15) is 0 Å². The Hall–Kier alpha value is -0.890. The molecule has 0 aromatic carbocycles. The standard InChI is InChI=1S/C20H33O8P/c1-2-3-4-5-6-7-8-9-10-11-12-13-14-15-16-17(21)19(23,24)18(22)20-26-29(25,27-20)28-20/h15-16,23-24H,2-14H2,1H3/b16-15+. The van der Waals surface area contributed by atoms with Crippen molar-refractivity contribution in [3.63, 3.8) is 0 Å². The summed E-state index contributed by atoms with van der Waals surface area (Å²) in [5.41, 5.74) is 0. The Kier molecular flexibility index (Phi) is 9.19. The molecule has 0 aliphatic carbocycles. The van der Waals surface area contributed by atoms with Crippen molar-refractivity contribution in [2.24, 2.45) is 0 Å². The van der Waals surface area contributed by atoms with E-state index >= 15 is 0 Å². The number of allylic oxidation sites excluding steroid dienone is 1. The molecule has 2 N–H and O–H groups in total. The van der Waals surface area contributed by atoms with Crippen LogP contribution in [0, 0.1) is 0 Å². The molecule has 0 saturated carbocycles. The Morgan fingerprint density at radius 3 is 1.76 bits per heavy atom. The molecule has 29 heavy (non-hydrogen) atoms. The first-order valence-electron chi connectivity index (χ1n) is 10.7. The molecule has 3 rings (SSSR count). The summed E-state index contributed by atoms with van der Waals surface area (Å²) in [6.07, 6.45) is 17.8. The molecule has 166 valence electrons. The molecular formula is C20H33O8P. The summed E-state index contributed by atoms with van der Waals surface area (Å²) >= 11 is 0. The van der Waals surface area contributed by atoms with E-state index in [1.165, 1.54) is 63.9 Å². The second kappa shape index (κ2) is 10.9. The van der Waals surface area contributed by atoms with Gasteiger partial charge in [-0.05, 0) is 18.9 Å². The van der Waals surface area contributed by atoms with E-state index < -0.39 is 31.1 Å². The maximum atomic E-state index is 11.9. The first kappa shape index (κ1) is 24.4. The molecule has 0 aromatic rings. The number of carbonyl (C=O) groups excluding carboxylic acids is 2. The van der Waals surface area contributed by atoms with Crippen LogP contribution in [0.3, 0.4) is 0 Å². The monoisotopic (exact) mass is 432 g/mol. The van der Waals surface area contributed by atoms with E-state index in [0.717, 1.165) is 25.3 Å². The Balaban J connectivity index is 1.48. The second-order valence-electron chi connectivity index (χ2n) is 7.72. The maximum absolute atomic E-state index is 11.9. The van der Waals surface area contributed by atoms with Gasteiger partial charge in [0.05, 0.1) is 0 Å². The van der Waals surface area contributed by atoms with Crippen LogP contribution in [0.5, 0.6) is 0 Å². The number of rotatable bonds is 17. The summed E-state index contributed by atoms with van der Waals surface area (Å²) in [5, 5.41) is 19.5. The van der Waals surface area contributed by atoms with Crippen molar-refractivity contribution in [2.75, 3.05) is 0 Å². The highest BCUT2D eigenvalue weighted by Crippen LogP contribution is 2.80. The fraction of sp³-hybridized carbons (Fsp3) is 0.800. The van der Waals surface area contributed by atoms with Gasteiger partial charge in [-0.1, -0.05) is 83.6 Å². The lowest BCUT2D eigenvalue weighted by atomic mass is 10.0. The topological polar surface area (TPSA) is 119 Å². The minimum Gasteiger partial charge on any atom is -0.353 e. The molecule has 0 radical (unpaired) electrons. The molecule has 0 unspecified atom stereocenters. The van der Waals surface area contributed by atoms with Crippen molar-refractivity contribution in [3.05, 3.63) is 12.2 Å². The second-order valence-corrected chi connectivity index (χ2v) is 9.17. The summed E-state index contributed by atoms with van der Waals surface area (Å²) in [4.78, 5) is 23.8. The Labute approximate surface area is 172 Å². The summed E-state index contributed by atoms with van der Waals surface area (Å²) in [6, 6.07) is 0. The number of phosphoric ester groups is 1. The van der Waals surface area contributed by atoms with Gasteiger partial charge >= 0.3 is 13.8 Å². The number of phosphoric acid groups is 1. The molecular weight excluding hydrogens is 399 g/mol. The SMILES string of the molecule is CCCCCCCCCCCCCC/C=C/C(=O)C(O)(O)C(=O)C12OP(=O)(O1)O2. The highest BCUT2D eigenvalue weighted by molar-refractivity contribution is 7.52. The van der Waals surface area contributed by atoms with Crippen LogP contribution in [0.1, 0.15) is 90.4 Å². The number of ketones is 2. The maximum Gasteiger partial charge on any atom is 0.489 e. The number of aliphatic hydroxyl groups is 2. The van der Waals surface area contributed by atoms with E-state index in [4.69, 9.17) is 0 Å². The van der Waals surface area contributed by atoms with Crippen LogP contribution in [0.2, 0.25) is 0 Å². The summed E-state index contributed by atoms with van der Waals surface area (Å²) in [7, 11) is -3.67. The number of hydrogen-bond donors (Lipinski definition) is 2. The lowest BCUT2D eigenvalue weighted by Gasteiger charge is -2.54. The quantitative estimate of drug-likeness (QED) is 0.115. The van der Waals surface area contributed by atoms with Crippen LogP contribution in [0.25, 0.3) is 0 Å². The molecule has 3 aliphatic heterocycles. The van der Waals surface area contributed by atoms with E-state index in [0.29, 0.717) is 6.42 Å². The fourth-order valence-electron chi connectivity index (χ4n) is 3.32. The Morgan fingerprint density at radius 1 is 0.862 bits per heavy atom. The average Bonchev–Trinajstić information content (AvgIpc) is 2.64. The molecule has 3 aliphatic rings.